The number of hydrogen-bond donors (Lipinski definition) is 0. The van der Waals surface area contributed by atoms with Gasteiger partial charge in [-0.25, -0.2) is 8.78 Å². The van der Waals surface area contributed by atoms with Gasteiger partial charge in [0.2, 0.25) is 6.43 Å². The van der Waals surface area contributed by atoms with E-state index < -0.39 is 6.43 Å². The van der Waals surface area contributed by atoms with Gasteiger partial charge in [-0.1, -0.05) is 56.9 Å². The summed E-state index contributed by atoms with van der Waals surface area (Å²) in [5.74, 6) is 1.62. The second-order valence-electron chi connectivity index (χ2n) is 6.88. The third-order valence-electron chi connectivity index (χ3n) is 5.17. The average Bonchev–Trinajstić information content (AvgIpc) is 2.54. The van der Waals surface area contributed by atoms with Crippen LogP contribution >= 0.6 is 0 Å². The molecule has 0 N–H and O–H groups in total. The van der Waals surface area contributed by atoms with Crippen molar-refractivity contribution in [3.63, 3.8) is 0 Å². The van der Waals surface area contributed by atoms with E-state index in [4.69, 9.17) is 0 Å². The predicted octanol–water partition coefficient (Wildman–Crippen LogP) is 6.74. The van der Waals surface area contributed by atoms with E-state index in [0.717, 1.165) is 11.5 Å². The number of hydrogen-bond acceptors (Lipinski definition) is 0. The zero-order valence-electron chi connectivity index (χ0n) is 13.9. The first-order valence-corrected chi connectivity index (χ1v) is 9.06. The first kappa shape index (κ1) is 17.4. The molecule has 1 saturated carbocycles. The summed E-state index contributed by atoms with van der Waals surface area (Å²) in [5, 5.41) is 0. The standard InChI is InChI=1S/C20H30F2/c1-2-3-4-5-16-6-11-18(12-7-16)19-13-8-17(9-14-19)10-15-20(21)22/h8-9,13-14,16,18,20H,2-7,10-12,15H2,1H3. The molecule has 0 nitrogen and oxygen atoms in total. The van der Waals surface area contributed by atoms with E-state index in [0.29, 0.717) is 12.3 Å². The molecule has 0 amide bonds. The molecule has 1 fully saturated rings. The molecule has 2 rings (SSSR count). The number of benzene rings is 1. The summed E-state index contributed by atoms with van der Waals surface area (Å²) in [6.45, 7) is 2.27. The van der Waals surface area contributed by atoms with Crippen molar-refractivity contribution in [1.29, 1.82) is 0 Å². The molecule has 0 aliphatic heterocycles. The number of halogens is 2. The maximum absolute atomic E-state index is 12.2. The van der Waals surface area contributed by atoms with Crippen LogP contribution in [0.5, 0.6) is 0 Å². The maximum Gasteiger partial charge on any atom is 0.239 e. The van der Waals surface area contributed by atoms with E-state index in [9.17, 15) is 8.78 Å². The molecule has 0 saturated heterocycles. The fourth-order valence-corrected chi connectivity index (χ4v) is 3.70. The molecule has 0 atom stereocenters. The Morgan fingerprint density at radius 2 is 1.68 bits per heavy atom. The molecular weight excluding hydrogens is 278 g/mol. The summed E-state index contributed by atoms with van der Waals surface area (Å²) in [4.78, 5) is 0. The van der Waals surface area contributed by atoms with E-state index >= 15 is 0 Å². The van der Waals surface area contributed by atoms with Crippen LogP contribution < -0.4 is 0 Å². The van der Waals surface area contributed by atoms with Crippen LogP contribution in [0.4, 0.5) is 8.78 Å². The predicted molar refractivity (Wildman–Crippen MR) is 89.6 cm³/mol. The molecule has 0 heterocycles. The van der Waals surface area contributed by atoms with Crippen LogP contribution in [0.15, 0.2) is 24.3 Å². The zero-order chi connectivity index (χ0) is 15.8. The van der Waals surface area contributed by atoms with Gasteiger partial charge in [-0.2, -0.15) is 0 Å². The van der Waals surface area contributed by atoms with Gasteiger partial charge in [-0.05, 0) is 55.1 Å². The molecule has 22 heavy (non-hydrogen) atoms. The molecule has 0 aromatic heterocycles. The molecule has 1 aliphatic rings. The zero-order valence-corrected chi connectivity index (χ0v) is 13.9. The second-order valence-corrected chi connectivity index (χ2v) is 6.88. The Kier molecular flexibility index (Phi) is 7.35. The lowest BCUT2D eigenvalue weighted by Gasteiger charge is -2.29. The van der Waals surface area contributed by atoms with Crippen LogP contribution in [0.2, 0.25) is 0 Å². The van der Waals surface area contributed by atoms with E-state index in [1.807, 2.05) is 12.1 Å². The van der Waals surface area contributed by atoms with Crippen LogP contribution in [0, 0.1) is 5.92 Å². The van der Waals surface area contributed by atoms with Gasteiger partial charge >= 0.3 is 0 Å². The fourth-order valence-electron chi connectivity index (χ4n) is 3.70. The van der Waals surface area contributed by atoms with Crippen molar-refractivity contribution in [2.45, 2.75) is 83.5 Å². The minimum atomic E-state index is -2.19. The quantitative estimate of drug-likeness (QED) is 0.466. The molecular formula is C20H30F2. The average molecular weight is 308 g/mol. The SMILES string of the molecule is CCCCCC1CCC(c2ccc(CCC(F)F)cc2)CC1. The molecule has 2 heteroatoms. The molecule has 1 aromatic carbocycles. The van der Waals surface area contributed by atoms with E-state index in [-0.39, 0.29) is 6.42 Å². The normalized spacial score (nSPS) is 22.2. The second kappa shape index (κ2) is 9.27. The van der Waals surface area contributed by atoms with Crippen molar-refractivity contribution in [3.05, 3.63) is 35.4 Å². The lowest BCUT2D eigenvalue weighted by Crippen LogP contribution is -2.13. The van der Waals surface area contributed by atoms with Crippen molar-refractivity contribution in [3.8, 4) is 0 Å². The summed E-state index contributed by atoms with van der Waals surface area (Å²) in [5.41, 5.74) is 2.45. The van der Waals surface area contributed by atoms with Gasteiger partial charge < -0.3 is 0 Å². The highest BCUT2D eigenvalue weighted by Gasteiger charge is 2.21. The molecule has 0 unspecified atom stereocenters. The van der Waals surface area contributed by atoms with Crippen molar-refractivity contribution in [2.24, 2.45) is 5.92 Å². The summed E-state index contributed by atoms with van der Waals surface area (Å²) in [6.07, 6.45) is 9.08. The summed E-state index contributed by atoms with van der Waals surface area (Å²) in [6, 6.07) is 8.43. The number of rotatable bonds is 8. The molecule has 1 aromatic rings. The van der Waals surface area contributed by atoms with Crippen molar-refractivity contribution >= 4 is 0 Å². The molecule has 0 bridgehead atoms. The Hall–Kier alpha value is -0.920. The molecule has 0 radical (unpaired) electrons. The summed E-state index contributed by atoms with van der Waals surface area (Å²) in [7, 11) is 0. The van der Waals surface area contributed by atoms with Crippen LogP contribution in [-0.2, 0) is 6.42 Å². The van der Waals surface area contributed by atoms with Crippen molar-refractivity contribution < 1.29 is 8.78 Å². The molecule has 0 spiro atoms. The Morgan fingerprint density at radius 3 is 2.27 bits per heavy atom. The highest BCUT2D eigenvalue weighted by atomic mass is 19.3. The van der Waals surface area contributed by atoms with Gasteiger partial charge in [0.15, 0.2) is 0 Å². The summed E-state index contributed by atoms with van der Waals surface area (Å²) < 4.78 is 24.5. The Bertz CT molecular complexity index is 402. The number of aryl methyl sites for hydroxylation is 1. The van der Waals surface area contributed by atoms with Crippen LogP contribution in [0.3, 0.4) is 0 Å². The highest BCUT2D eigenvalue weighted by molar-refractivity contribution is 5.26. The van der Waals surface area contributed by atoms with E-state index in [2.05, 4.69) is 19.1 Å². The van der Waals surface area contributed by atoms with E-state index in [1.165, 1.54) is 56.9 Å². The minimum absolute atomic E-state index is 0.0256. The lowest BCUT2D eigenvalue weighted by atomic mass is 9.77. The first-order chi connectivity index (χ1) is 10.7. The summed E-state index contributed by atoms with van der Waals surface area (Å²) >= 11 is 0. The van der Waals surface area contributed by atoms with Gasteiger partial charge in [0, 0.05) is 6.42 Å². The van der Waals surface area contributed by atoms with Crippen LogP contribution in [0.1, 0.15) is 81.8 Å². The number of alkyl halides is 2. The van der Waals surface area contributed by atoms with Crippen molar-refractivity contribution in [2.75, 3.05) is 0 Å². The van der Waals surface area contributed by atoms with Gasteiger partial charge in [0.25, 0.3) is 0 Å². The highest BCUT2D eigenvalue weighted by Crippen LogP contribution is 2.37. The third kappa shape index (κ3) is 5.70. The Labute approximate surface area is 134 Å². The van der Waals surface area contributed by atoms with Gasteiger partial charge in [-0.3, -0.25) is 0 Å². The third-order valence-corrected chi connectivity index (χ3v) is 5.17. The Balaban J connectivity index is 1.76. The maximum atomic E-state index is 12.2. The molecule has 1 aliphatic carbocycles. The van der Waals surface area contributed by atoms with Gasteiger partial charge in [-0.15, -0.1) is 0 Å². The first-order valence-electron chi connectivity index (χ1n) is 9.06. The number of unbranched alkanes of at least 4 members (excludes halogenated alkanes) is 2. The topological polar surface area (TPSA) is 0 Å². The van der Waals surface area contributed by atoms with E-state index in [1.54, 1.807) is 0 Å². The van der Waals surface area contributed by atoms with Crippen molar-refractivity contribution in [1.82, 2.24) is 0 Å². The monoisotopic (exact) mass is 308 g/mol. The molecule has 124 valence electrons. The van der Waals surface area contributed by atoms with Gasteiger partial charge in [0.1, 0.15) is 0 Å². The Morgan fingerprint density at radius 1 is 1.00 bits per heavy atom. The smallest absolute Gasteiger partial charge is 0.211 e. The van der Waals surface area contributed by atoms with Crippen LogP contribution in [0.25, 0.3) is 0 Å². The lowest BCUT2D eigenvalue weighted by molar-refractivity contribution is 0.138. The van der Waals surface area contributed by atoms with Crippen LogP contribution in [-0.4, -0.2) is 6.43 Å². The minimum Gasteiger partial charge on any atom is -0.211 e. The fraction of sp³-hybridized carbons (Fsp3) is 0.700. The van der Waals surface area contributed by atoms with Gasteiger partial charge in [0.05, 0.1) is 0 Å². The largest absolute Gasteiger partial charge is 0.239 e.